The lowest BCUT2D eigenvalue weighted by Gasteiger charge is -2.13. The van der Waals surface area contributed by atoms with Crippen molar-refractivity contribution in [1.82, 2.24) is 10.2 Å². The van der Waals surface area contributed by atoms with E-state index >= 15 is 0 Å². The number of ether oxygens (including phenoxy) is 1. The molecule has 24 heavy (non-hydrogen) atoms. The predicted molar refractivity (Wildman–Crippen MR) is 92.2 cm³/mol. The molecule has 2 heterocycles. The lowest BCUT2D eigenvalue weighted by Crippen LogP contribution is -2.11. The lowest BCUT2D eigenvalue weighted by atomic mass is 10.2. The Hall–Kier alpha value is -2.67. The lowest BCUT2D eigenvalue weighted by molar-refractivity contribution is 0.0280. The summed E-state index contributed by atoms with van der Waals surface area (Å²) in [6.45, 7) is 1.71. The maximum atomic E-state index is 12.2. The van der Waals surface area contributed by atoms with Gasteiger partial charge < -0.3 is 14.1 Å². The van der Waals surface area contributed by atoms with Crippen LogP contribution < -0.4 is 4.90 Å². The topological polar surface area (TPSA) is 68.5 Å². The van der Waals surface area contributed by atoms with Crippen molar-refractivity contribution >= 4 is 23.0 Å². The van der Waals surface area contributed by atoms with E-state index in [4.69, 9.17) is 9.15 Å². The van der Waals surface area contributed by atoms with Gasteiger partial charge >= 0.3 is 5.97 Å². The summed E-state index contributed by atoms with van der Waals surface area (Å²) in [6, 6.07) is 11.0. The molecule has 0 aliphatic carbocycles. The van der Waals surface area contributed by atoms with Gasteiger partial charge in [-0.1, -0.05) is 6.07 Å². The number of hydrogen-bond donors (Lipinski definition) is 0. The van der Waals surface area contributed by atoms with E-state index in [2.05, 4.69) is 10.2 Å². The van der Waals surface area contributed by atoms with Gasteiger partial charge in [-0.2, -0.15) is 0 Å². The molecule has 0 radical (unpaired) electrons. The Labute approximate surface area is 143 Å². The number of hydrogen-bond acceptors (Lipinski definition) is 7. The third-order valence-electron chi connectivity index (χ3n) is 3.42. The minimum Gasteiger partial charge on any atom is -0.449 e. The number of aromatic nitrogens is 2. The zero-order chi connectivity index (χ0) is 17.1. The average Bonchev–Trinajstić information content (AvgIpc) is 3.26. The van der Waals surface area contributed by atoms with E-state index in [0.29, 0.717) is 11.5 Å². The van der Waals surface area contributed by atoms with Crippen molar-refractivity contribution in [3.8, 4) is 10.8 Å². The monoisotopic (exact) mass is 343 g/mol. The zero-order valence-electron chi connectivity index (χ0n) is 13.6. The number of esters is 1. The molecule has 0 saturated heterocycles. The molecule has 0 N–H and O–H groups in total. The zero-order valence-corrected chi connectivity index (χ0v) is 14.4. The maximum absolute atomic E-state index is 12.2. The molecule has 6 nitrogen and oxygen atoms in total. The summed E-state index contributed by atoms with van der Waals surface area (Å²) in [6.07, 6.45) is -0.618. The van der Waals surface area contributed by atoms with Crippen LogP contribution in [0.5, 0.6) is 0 Å². The number of carbonyl (C=O) groups excluding carboxylic acids is 1. The second-order valence-electron chi connectivity index (χ2n) is 5.41. The van der Waals surface area contributed by atoms with Crippen molar-refractivity contribution in [2.75, 3.05) is 19.0 Å². The molecule has 7 heteroatoms. The summed E-state index contributed by atoms with van der Waals surface area (Å²) in [4.78, 5) is 15.1. The summed E-state index contributed by atoms with van der Waals surface area (Å²) in [7, 11) is 3.88. The first-order chi connectivity index (χ1) is 11.5. The van der Waals surface area contributed by atoms with Crippen LogP contribution in [0, 0.1) is 0 Å². The highest BCUT2D eigenvalue weighted by molar-refractivity contribution is 7.13. The molecule has 0 amide bonds. The first kappa shape index (κ1) is 16.2. The summed E-state index contributed by atoms with van der Waals surface area (Å²) < 4.78 is 11.0. The Morgan fingerprint density at radius 2 is 1.96 bits per heavy atom. The van der Waals surface area contributed by atoms with Crippen LogP contribution in [-0.2, 0) is 4.74 Å². The highest BCUT2D eigenvalue weighted by Gasteiger charge is 2.20. The SMILES string of the molecule is CC(OC(=O)c1ccc(N(C)C)cc1)c1nnc(-c2cccs2)o1. The van der Waals surface area contributed by atoms with Gasteiger partial charge in [0.1, 0.15) is 0 Å². The van der Waals surface area contributed by atoms with E-state index in [9.17, 15) is 4.79 Å². The van der Waals surface area contributed by atoms with Crippen molar-refractivity contribution < 1.29 is 13.9 Å². The number of benzene rings is 1. The number of rotatable bonds is 5. The standard InChI is InChI=1S/C17H17N3O3S/c1-11(15-18-19-16(23-15)14-5-4-10-24-14)22-17(21)12-6-8-13(9-7-12)20(2)3/h4-11H,1-3H3. The first-order valence-electron chi connectivity index (χ1n) is 7.40. The van der Waals surface area contributed by atoms with E-state index < -0.39 is 12.1 Å². The van der Waals surface area contributed by atoms with Crippen molar-refractivity contribution in [2.45, 2.75) is 13.0 Å². The Morgan fingerprint density at radius 1 is 1.21 bits per heavy atom. The molecule has 0 saturated carbocycles. The van der Waals surface area contributed by atoms with E-state index in [1.807, 2.05) is 48.6 Å². The van der Waals surface area contributed by atoms with E-state index in [1.54, 1.807) is 19.1 Å². The minimum absolute atomic E-state index is 0.275. The summed E-state index contributed by atoms with van der Waals surface area (Å²) in [5, 5.41) is 9.88. The molecule has 0 aliphatic rings. The quantitative estimate of drug-likeness (QED) is 0.657. The fourth-order valence-corrected chi connectivity index (χ4v) is 2.72. The fourth-order valence-electron chi connectivity index (χ4n) is 2.07. The normalized spacial score (nSPS) is 12.0. The summed E-state index contributed by atoms with van der Waals surface area (Å²) in [5.74, 6) is 0.276. The molecule has 2 aromatic heterocycles. The van der Waals surface area contributed by atoms with Crippen LogP contribution in [0.2, 0.25) is 0 Å². The fraction of sp³-hybridized carbons (Fsp3) is 0.235. The maximum Gasteiger partial charge on any atom is 0.338 e. The van der Waals surface area contributed by atoms with Crippen LogP contribution in [-0.4, -0.2) is 30.3 Å². The van der Waals surface area contributed by atoms with E-state index in [1.165, 1.54) is 11.3 Å². The molecule has 1 unspecified atom stereocenters. The Balaban J connectivity index is 1.68. The first-order valence-corrected chi connectivity index (χ1v) is 8.28. The number of thiophene rings is 1. The summed E-state index contributed by atoms with van der Waals surface area (Å²) in [5.41, 5.74) is 1.49. The van der Waals surface area contributed by atoms with Gasteiger partial charge in [-0.3, -0.25) is 0 Å². The molecule has 0 aliphatic heterocycles. The second-order valence-corrected chi connectivity index (χ2v) is 6.36. The van der Waals surface area contributed by atoms with Gasteiger partial charge in [0, 0.05) is 19.8 Å². The van der Waals surface area contributed by atoms with Gasteiger partial charge in [0.15, 0.2) is 6.10 Å². The van der Waals surface area contributed by atoms with Crippen LogP contribution >= 0.6 is 11.3 Å². The van der Waals surface area contributed by atoms with Gasteiger partial charge in [0.05, 0.1) is 10.4 Å². The molecule has 0 bridgehead atoms. The summed E-state index contributed by atoms with van der Waals surface area (Å²) >= 11 is 1.51. The van der Waals surface area contributed by atoms with Crippen molar-refractivity contribution in [3.63, 3.8) is 0 Å². The van der Waals surface area contributed by atoms with Crippen molar-refractivity contribution in [3.05, 3.63) is 53.2 Å². The molecule has 3 aromatic rings. The highest BCUT2D eigenvalue weighted by atomic mass is 32.1. The highest BCUT2D eigenvalue weighted by Crippen LogP contribution is 2.26. The largest absolute Gasteiger partial charge is 0.449 e. The molecule has 0 fully saturated rings. The van der Waals surface area contributed by atoms with Crippen LogP contribution in [0.3, 0.4) is 0 Å². The van der Waals surface area contributed by atoms with Crippen LogP contribution in [0.25, 0.3) is 10.8 Å². The molecular weight excluding hydrogens is 326 g/mol. The van der Waals surface area contributed by atoms with Gasteiger partial charge in [0.25, 0.3) is 11.8 Å². The smallest absolute Gasteiger partial charge is 0.338 e. The predicted octanol–water partition coefficient (Wildman–Crippen LogP) is 3.78. The molecule has 3 rings (SSSR count). The van der Waals surface area contributed by atoms with E-state index in [0.717, 1.165) is 10.6 Å². The second kappa shape index (κ2) is 6.84. The number of carbonyl (C=O) groups is 1. The molecular formula is C17H17N3O3S. The molecule has 1 atom stereocenters. The number of nitrogens with zero attached hydrogens (tertiary/aromatic N) is 3. The third kappa shape index (κ3) is 3.46. The third-order valence-corrected chi connectivity index (χ3v) is 4.28. The Morgan fingerprint density at radius 3 is 2.58 bits per heavy atom. The van der Waals surface area contributed by atoms with Crippen molar-refractivity contribution in [2.24, 2.45) is 0 Å². The van der Waals surface area contributed by atoms with E-state index in [-0.39, 0.29) is 5.89 Å². The van der Waals surface area contributed by atoms with Crippen molar-refractivity contribution in [1.29, 1.82) is 0 Å². The van der Waals surface area contributed by atoms with Crippen LogP contribution in [0.1, 0.15) is 29.3 Å². The number of anilines is 1. The molecule has 124 valence electrons. The average molecular weight is 343 g/mol. The van der Waals surface area contributed by atoms with Crippen LogP contribution in [0.15, 0.2) is 46.2 Å². The van der Waals surface area contributed by atoms with Gasteiger partial charge in [-0.25, -0.2) is 4.79 Å². The molecule has 0 spiro atoms. The molecule has 1 aromatic carbocycles. The van der Waals surface area contributed by atoms with Gasteiger partial charge in [0.2, 0.25) is 0 Å². The minimum atomic E-state index is -0.618. The van der Waals surface area contributed by atoms with Gasteiger partial charge in [-0.05, 0) is 42.6 Å². The Kier molecular flexibility index (Phi) is 4.61. The Bertz CT molecular complexity index is 810. The van der Waals surface area contributed by atoms with Gasteiger partial charge in [-0.15, -0.1) is 21.5 Å². The van der Waals surface area contributed by atoms with Crippen LogP contribution in [0.4, 0.5) is 5.69 Å².